The Labute approximate surface area is 242 Å². The van der Waals surface area contributed by atoms with Crippen LogP contribution in [-0.2, 0) is 19.0 Å². The number of ether oxygens (including phenoxy) is 3. The third kappa shape index (κ3) is 8.84. The molecule has 41 heavy (non-hydrogen) atoms. The number of hydrogen-bond donors (Lipinski definition) is 2. The first-order chi connectivity index (χ1) is 19.7. The predicted molar refractivity (Wildman–Crippen MR) is 158 cm³/mol. The molecule has 0 bridgehead atoms. The maximum Gasteiger partial charge on any atom is 0.407 e. The van der Waals surface area contributed by atoms with Gasteiger partial charge < -0.3 is 24.8 Å². The number of benzene rings is 1. The van der Waals surface area contributed by atoms with Gasteiger partial charge in [0.05, 0.1) is 6.61 Å². The molecule has 0 saturated heterocycles. The van der Waals surface area contributed by atoms with Crippen molar-refractivity contribution in [3.63, 3.8) is 0 Å². The van der Waals surface area contributed by atoms with Crippen molar-refractivity contribution in [1.82, 2.24) is 10.6 Å². The van der Waals surface area contributed by atoms with Crippen LogP contribution in [0.1, 0.15) is 76.3 Å². The third-order valence-corrected chi connectivity index (χ3v) is 7.31. The van der Waals surface area contributed by atoms with Gasteiger partial charge in [-0.3, -0.25) is 0 Å². The van der Waals surface area contributed by atoms with Crippen molar-refractivity contribution in [2.24, 2.45) is 5.92 Å². The molecule has 3 aliphatic rings. The molecule has 3 aliphatic carbocycles. The summed E-state index contributed by atoms with van der Waals surface area (Å²) < 4.78 is 16.5. The highest BCUT2D eigenvalue weighted by Crippen LogP contribution is 2.46. The standard InChI is InChI=1S/C33H42N2O6/c1-33(2,3)41-31(37)34-20-12-11-19-29(30(36)39-21-23-13-5-4-6-14-23)35-32(38)40-22-28-26-17-9-7-15-24(26)25-16-8-10-18-27(25)28/h4-9,13,15-17,23,28-29H,10-12,14,18-22H2,1-3H3,(H,34,37)(H,35,38)/t23?,28?,29-/m0/s1. The SMILES string of the molecule is CC(C)(C)OC(=O)NCCCC[C@H](NC(=O)OCC1C2=C(C=CCC2)c2ccccc21)C(=O)OCC1C=CC=CC1. The number of alkyl carbamates (subject to hydrolysis) is 2. The minimum Gasteiger partial charge on any atom is -0.464 e. The number of hydrogen-bond acceptors (Lipinski definition) is 6. The molecule has 2 amide bonds. The van der Waals surface area contributed by atoms with Crippen molar-refractivity contribution in [1.29, 1.82) is 0 Å². The topological polar surface area (TPSA) is 103 Å². The molecule has 1 aromatic rings. The lowest BCUT2D eigenvalue weighted by Gasteiger charge is -2.22. The molecule has 0 radical (unpaired) electrons. The van der Waals surface area contributed by atoms with Gasteiger partial charge in [-0.15, -0.1) is 0 Å². The first-order valence-electron chi connectivity index (χ1n) is 14.6. The van der Waals surface area contributed by atoms with Crippen LogP contribution in [-0.4, -0.2) is 49.6 Å². The van der Waals surface area contributed by atoms with Gasteiger partial charge in [-0.1, -0.05) is 66.3 Å². The molecule has 0 saturated carbocycles. The summed E-state index contributed by atoms with van der Waals surface area (Å²) in [5, 5.41) is 5.47. The van der Waals surface area contributed by atoms with E-state index in [0.717, 1.165) is 19.3 Å². The van der Waals surface area contributed by atoms with Gasteiger partial charge in [-0.05, 0) is 76.0 Å². The van der Waals surface area contributed by atoms with E-state index in [1.807, 2.05) is 36.4 Å². The fourth-order valence-corrected chi connectivity index (χ4v) is 5.35. The summed E-state index contributed by atoms with van der Waals surface area (Å²) in [6.07, 6.45) is 15.4. The normalized spacial score (nSPS) is 19.7. The highest BCUT2D eigenvalue weighted by Gasteiger charge is 2.32. The second kappa shape index (κ2) is 14.2. The highest BCUT2D eigenvalue weighted by atomic mass is 16.6. The molecule has 3 atom stereocenters. The van der Waals surface area contributed by atoms with Crippen molar-refractivity contribution in [3.05, 3.63) is 77.4 Å². The van der Waals surface area contributed by atoms with Gasteiger partial charge in [0.1, 0.15) is 18.2 Å². The zero-order valence-corrected chi connectivity index (χ0v) is 24.3. The Morgan fingerprint density at radius 2 is 1.83 bits per heavy atom. The van der Waals surface area contributed by atoms with Gasteiger partial charge >= 0.3 is 18.2 Å². The molecule has 0 heterocycles. The van der Waals surface area contributed by atoms with Crippen LogP contribution in [0.5, 0.6) is 0 Å². The number of unbranched alkanes of at least 4 members (excludes halogenated alkanes) is 1. The molecule has 0 fully saturated rings. The van der Waals surface area contributed by atoms with Crippen molar-refractivity contribution in [2.45, 2.75) is 76.9 Å². The van der Waals surface area contributed by atoms with Crippen LogP contribution in [0.4, 0.5) is 9.59 Å². The minimum absolute atomic E-state index is 0.00683. The molecule has 8 heteroatoms. The Bertz CT molecular complexity index is 1220. The van der Waals surface area contributed by atoms with E-state index in [1.54, 1.807) is 20.8 Å². The number of carbonyl (C=O) groups is 3. The van der Waals surface area contributed by atoms with Crippen molar-refractivity contribution in [2.75, 3.05) is 19.8 Å². The van der Waals surface area contributed by atoms with Crippen molar-refractivity contribution >= 4 is 23.7 Å². The summed E-state index contributed by atoms with van der Waals surface area (Å²) in [4.78, 5) is 37.9. The number of nitrogens with one attached hydrogen (secondary N) is 2. The lowest BCUT2D eigenvalue weighted by atomic mass is 9.91. The fraction of sp³-hybridized carbons (Fsp3) is 0.485. The largest absolute Gasteiger partial charge is 0.464 e. The van der Waals surface area contributed by atoms with Crippen LogP contribution in [0.2, 0.25) is 0 Å². The van der Waals surface area contributed by atoms with E-state index < -0.39 is 29.8 Å². The number of fused-ring (bicyclic) bond motifs is 2. The van der Waals surface area contributed by atoms with Gasteiger partial charge in [0.15, 0.2) is 0 Å². The fourth-order valence-electron chi connectivity index (χ4n) is 5.35. The number of allylic oxidation sites excluding steroid dienone is 6. The molecule has 2 N–H and O–H groups in total. The first-order valence-corrected chi connectivity index (χ1v) is 14.6. The molecule has 0 aromatic heterocycles. The maximum absolute atomic E-state index is 13.0. The quantitative estimate of drug-likeness (QED) is 0.185. The monoisotopic (exact) mass is 562 g/mol. The third-order valence-electron chi connectivity index (χ3n) is 7.31. The van der Waals surface area contributed by atoms with E-state index in [-0.39, 0.29) is 25.0 Å². The van der Waals surface area contributed by atoms with Gasteiger partial charge in [-0.2, -0.15) is 0 Å². The lowest BCUT2D eigenvalue weighted by molar-refractivity contribution is -0.147. The van der Waals surface area contributed by atoms with Crippen LogP contribution in [0.15, 0.2) is 66.3 Å². The Hall–Kier alpha value is -3.81. The van der Waals surface area contributed by atoms with Crippen molar-refractivity contribution < 1.29 is 28.6 Å². The number of rotatable bonds is 11. The summed E-state index contributed by atoms with van der Waals surface area (Å²) in [6.45, 7) is 6.27. The van der Waals surface area contributed by atoms with Crippen LogP contribution in [0.25, 0.3) is 5.57 Å². The molecule has 2 unspecified atom stereocenters. The summed E-state index contributed by atoms with van der Waals surface area (Å²) >= 11 is 0. The molecular formula is C33H42N2O6. The van der Waals surface area contributed by atoms with Gasteiger partial charge in [0.2, 0.25) is 0 Å². The molecule has 8 nitrogen and oxygen atoms in total. The van der Waals surface area contributed by atoms with Crippen LogP contribution in [0, 0.1) is 5.92 Å². The predicted octanol–water partition coefficient (Wildman–Crippen LogP) is 6.35. The molecule has 0 spiro atoms. The molecular weight excluding hydrogens is 520 g/mol. The van der Waals surface area contributed by atoms with Gasteiger partial charge in [-0.25, -0.2) is 14.4 Å². The van der Waals surface area contributed by atoms with Crippen LogP contribution < -0.4 is 10.6 Å². The van der Waals surface area contributed by atoms with Crippen LogP contribution in [0.3, 0.4) is 0 Å². The Kier molecular flexibility index (Phi) is 10.4. The van der Waals surface area contributed by atoms with E-state index in [4.69, 9.17) is 14.2 Å². The maximum atomic E-state index is 13.0. The average Bonchev–Trinajstić information content (AvgIpc) is 3.27. The lowest BCUT2D eigenvalue weighted by Crippen LogP contribution is -2.43. The smallest absolute Gasteiger partial charge is 0.407 e. The van der Waals surface area contributed by atoms with E-state index in [9.17, 15) is 14.4 Å². The van der Waals surface area contributed by atoms with E-state index in [0.29, 0.717) is 25.8 Å². The highest BCUT2D eigenvalue weighted by molar-refractivity contribution is 5.85. The number of esters is 1. The summed E-state index contributed by atoms with van der Waals surface area (Å²) in [5.41, 5.74) is 4.32. The Balaban J connectivity index is 1.30. The zero-order valence-electron chi connectivity index (χ0n) is 24.3. The second-order valence-electron chi connectivity index (χ2n) is 11.7. The summed E-state index contributed by atoms with van der Waals surface area (Å²) in [7, 11) is 0. The number of carbonyl (C=O) groups excluding carboxylic acids is 3. The van der Waals surface area contributed by atoms with E-state index in [1.165, 1.54) is 22.3 Å². The van der Waals surface area contributed by atoms with Gasteiger partial charge in [0, 0.05) is 18.4 Å². The first kappa shape index (κ1) is 30.2. The molecule has 0 aliphatic heterocycles. The second-order valence-corrected chi connectivity index (χ2v) is 11.7. The Morgan fingerprint density at radius 3 is 2.61 bits per heavy atom. The molecule has 220 valence electrons. The summed E-state index contributed by atoms with van der Waals surface area (Å²) in [5.74, 6) is -0.366. The number of amides is 2. The van der Waals surface area contributed by atoms with E-state index >= 15 is 0 Å². The van der Waals surface area contributed by atoms with E-state index in [2.05, 4.69) is 34.9 Å². The Morgan fingerprint density at radius 1 is 1.00 bits per heavy atom. The zero-order chi connectivity index (χ0) is 29.2. The average molecular weight is 563 g/mol. The summed E-state index contributed by atoms with van der Waals surface area (Å²) in [6, 6.07) is 7.39. The van der Waals surface area contributed by atoms with Crippen molar-refractivity contribution in [3.8, 4) is 0 Å². The molecule has 1 aromatic carbocycles. The van der Waals surface area contributed by atoms with Gasteiger partial charge in [0.25, 0.3) is 0 Å². The molecule has 4 rings (SSSR count). The minimum atomic E-state index is -0.851. The van der Waals surface area contributed by atoms with Crippen LogP contribution >= 0.6 is 0 Å².